The fraction of sp³-hybridized carbons (Fsp3) is 0.250. The van der Waals surface area contributed by atoms with Gasteiger partial charge in [-0.3, -0.25) is 14.5 Å². The van der Waals surface area contributed by atoms with Gasteiger partial charge in [-0.2, -0.15) is 10.1 Å². The summed E-state index contributed by atoms with van der Waals surface area (Å²) in [6, 6.07) is 5.95. The minimum absolute atomic E-state index is 0.0189. The number of nitrogens with zero attached hydrogens (tertiary/aromatic N) is 6. The van der Waals surface area contributed by atoms with Crippen molar-refractivity contribution in [1.82, 2.24) is 34.7 Å². The van der Waals surface area contributed by atoms with Gasteiger partial charge in [0.25, 0.3) is 5.91 Å². The van der Waals surface area contributed by atoms with E-state index in [9.17, 15) is 4.79 Å². The number of carbonyl (C=O) groups excluding carboxylic acids is 1. The summed E-state index contributed by atoms with van der Waals surface area (Å²) in [5.41, 5.74) is 4.75. The van der Waals surface area contributed by atoms with Crippen molar-refractivity contribution in [3.05, 3.63) is 54.1 Å². The third-order valence-corrected chi connectivity index (χ3v) is 4.89. The maximum Gasteiger partial charge on any atom is 0.251 e. The van der Waals surface area contributed by atoms with E-state index < -0.39 is 0 Å². The average Bonchev–Trinajstić information content (AvgIpc) is 3.23. The monoisotopic (exact) mass is 388 g/mol. The van der Waals surface area contributed by atoms with Crippen molar-refractivity contribution >= 4 is 23.2 Å². The van der Waals surface area contributed by atoms with E-state index in [1.165, 1.54) is 0 Å². The zero-order chi connectivity index (χ0) is 20.0. The Morgan fingerprint density at radius 1 is 1.21 bits per heavy atom. The molecule has 1 aromatic carbocycles. The van der Waals surface area contributed by atoms with Gasteiger partial charge in [-0.25, -0.2) is 4.52 Å². The van der Waals surface area contributed by atoms with E-state index in [2.05, 4.69) is 30.8 Å². The van der Waals surface area contributed by atoms with Crippen molar-refractivity contribution in [3.8, 4) is 11.3 Å². The summed E-state index contributed by atoms with van der Waals surface area (Å²) in [5.74, 6) is 0.437. The zero-order valence-corrected chi connectivity index (χ0v) is 16.1. The van der Waals surface area contributed by atoms with E-state index in [4.69, 9.17) is 0 Å². The first-order valence-electron chi connectivity index (χ1n) is 9.45. The highest BCUT2D eigenvalue weighted by molar-refractivity contribution is 5.96. The molecule has 1 aliphatic rings. The summed E-state index contributed by atoms with van der Waals surface area (Å²) in [6.45, 7) is 1.93. The highest BCUT2D eigenvalue weighted by Crippen LogP contribution is 2.23. The van der Waals surface area contributed by atoms with Gasteiger partial charge in [0.05, 0.1) is 24.3 Å². The van der Waals surface area contributed by atoms with Gasteiger partial charge in [0.1, 0.15) is 0 Å². The number of carbonyl (C=O) groups is 1. The van der Waals surface area contributed by atoms with Gasteiger partial charge in [-0.15, -0.1) is 5.10 Å². The number of fused-ring (bicyclic) bond motifs is 1. The third-order valence-electron chi connectivity index (χ3n) is 4.89. The van der Waals surface area contributed by atoms with Crippen LogP contribution < -0.4 is 10.6 Å². The molecule has 0 bridgehead atoms. The molecule has 0 atom stereocenters. The smallest absolute Gasteiger partial charge is 0.251 e. The summed E-state index contributed by atoms with van der Waals surface area (Å²) in [4.78, 5) is 21.1. The maximum atomic E-state index is 12.3. The number of amides is 1. The Balaban J connectivity index is 1.41. The SMILES string of the molecule is Cc1cc(Nc2nc3cncc(-c4cnn(C)c4)n3n2)ccc1C(=O)NC1CC1. The molecule has 29 heavy (non-hydrogen) atoms. The Morgan fingerprint density at radius 2 is 2.07 bits per heavy atom. The number of rotatable bonds is 5. The van der Waals surface area contributed by atoms with Crippen LogP contribution in [-0.4, -0.2) is 41.3 Å². The van der Waals surface area contributed by atoms with Gasteiger partial charge in [0.2, 0.25) is 5.95 Å². The van der Waals surface area contributed by atoms with Crippen LogP contribution in [0.3, 0.4) is 0 Å². The van der Waals surface area contributed by atoms with Crippen molar-refractivity contribution in [2.24, 2.45) is 7.05 Å². The first kappa shape index (κ1) is 17.4. The van der Waals surface area contributed by atoms with Crippen LogP contribution in [0, 0.1) is 6.92 Å². The summed E-state index contributed by atoms with van der Waals surface area (Å²) in [5, 5.41) is 15.0. The van der Waals surface area contributed by atoms with Crippen molar-refractivity contribution in [1.29, 1.82) is 0 Å². The summed E-state index contributed by atoms with van der Waals surface area (Å²) >= 11 is 0. The predicted octanol–water partition coefficient (Wildman–Crippen LogP) is 2.47. The van der Waals surface area contributed by atoms with E-state index in [1.54, 1.807) is 27.8 Å². The van der Waals surface area contributed by atoms with Crippen LogP contribution >= 0.6 is 0 Å². The van der Waals surface area contributed by atoms with Crippen LogP contribution in [0.1, 0.15) is 28.8 Å². The predicted molar refractivity (Wildman–Crippen MR) is 108 cm³/mol. The maximum absolute atomic E-state index is 12.3. The molecule has 1 fully saturated rings. The molecule has 1 amide bonds. The topological polar surface area (TPSA) is 102 Å². The number of aromatic nitrogens is 6. The minimum Gasteiger partial charge on any atom is -0.349 e. The van der Waals surface area contributed by atoms with E-state index in [0.717, 1.165) is 35.3 Å². The lowest BCUT2D eigenvalue weighted by atomic mass is 10.1. The van der Waals surface area contributed by atoms with Crippen molar-refractivity contribution in [3.63, 3.8) is 0 Å². The second-order valence-corrected chi connectivity index (χ2v) is 7.30. The lowest BCUT2D eigenvalue weighted by molar-refractivity contribution is 0.0950. The number of hydrogen-bond acceptors (Lipinski definition) is 6. The van der Waals surface area contributed by atoms with Crippen molar-refractivity contribution in [2.75, 3.05) is 5.32 Å². The van der Waals surface area contributed by atoms with E-state index in [0.29, 0.717) is 23.2 Å². The Bertz CT molecular complexity index is 1220. The second kappa shape index (κ2) is 6.69. The van der Waals surface area contributed by atoms with Crippen molar-refractivity contribution in [2.45, 2.75) is 25.8 Å². The lowest BCUT2D eigenvalue weighted by Crippen LogP contribution is -2.26. The average molecular weight is 388 g/mol. The molecule has 3 aromatic heterocycles. The van der Waals surface area contributed by atoms with Gasteiger partial charge < -0.3 is 10.6 Å². The van der Waals surface area contributed by atoms with Crippen LogP contribution in [0.4, 0.5) is 11.6 Å². The molecule has 1 saturated carbocycles. The number of nitrogens with one attached hydrogen (secondary N) is 2. The molecule has 3 heterocycles. The highest BCUT2D eigenvalue weighted by atomic mass is 16.1. The largest absolute Gasteiger partial charge is 0.349 e. The van der Waals surface area contributed by atoms with Crippen LogP contribution in [0.2, 0.25) is 0 Å². The zero-order valence-electron chi connectivity index (χ0n) is 16.1. The van der Waals surface area contributed by atoms with Crippen LogP contribution in [0.5, 0.6) is 0 Å². The minimum atomic E-state index is -0.0189. The lowest BCUT2D eigenvalue weighted by Gasteiger charge is -2.09. The molecule has 0 radical (unpaired) electrons. The summed E-state index contributed by atoms with van der Waals surface area (Å²) < 4.78 is 3.46. The number of anilines is 2. The van der Waals surface area contributed by atoms with Crippen LogP contribution in [0.15, 0.2) is 43.0 Å². The molecule has 1 aliphatic carbocycles. The quantitative estimate of drug-likeness (QED) is 0.545. The first-order chi connectivity index (χ1) is 14.1. The van der Waals surface area contributed by atoms with Gasteiger partial charge in [-0.05, 0) is 43.5 Å². The molecular weight excluding hydrogens is 368 g/mol. The molecule has 9 nitrogen and oxygen atoms in total. The van der Waals surface area contributed by atoms with Gasteiger partial charge in [0.15, 0.2) is 5.65 Å². The number of benzene rings is 1. The molecule has 2 N–H and O–H groups in total. The molecular formula is C20H20N8O. The molecule has 0 saturated heterocycles. The molecule has 4 aromatic rings. The normalized spacial score (nSPS) is 13.6. The summed E-state index contributed by atoms with van der Waals surface area (Å²) in [6.07, 6.45) is 9.20. The van der Waals surface area contributed by atoms with Gasteiger partial charge in [-0.1, -0.05) is 0 Å². The third kappa shape index (κ3) is 3.42. The van der Waals surface area contributed by atoms with Crippen LogP contribution in [0.25, 0.3) is 16.9 Å². The molecule has 5 rings (SSSR count). The Kier molecular flexibility index (Phi) is 4.01. The van der Waals surface area contributed by atoms with E-state index in [1.807, 2.05) is 38.4 Å². The molecule has 0 aliphatic heterocycles. The van der Waals surface area contributed by atoms with E-state index >= 15 is 0 Å². The number of aryl methyl sites for hydroxylation is 2. The molecule has 0 spiro atoms. The standard InChI is InChI=1S/C20H20N8O/c1-12-7-15(5-6-16(12)19(29)23-14-3-4-14)24-20-25-18-10-21-9-17(28(18)26-20)13-8-22-27(2)11-13/h5-11,14H,3-4H2,1-2H3,(H,23,29)(H,24,26). The molecule has 9 heteroatoms. The van der Waals surface area contributed by atoms with Crippen molar-refractivity contribution < 1.29 is 4.79 Å². The Labute approximate surface area is 166 Å². The molecule has 0 unspecified atom stereocenters. The Hall–Kier alpha value is -3.75. The van der Waals surface area contributed by atoms with Crippen LogP contribution in [-0.2, 0) is 7.05 Å². The van der Waals surface area contributed by atoms with Gasteiger partial charge >= 0.3 is 0 Å². The van der Waals surface area contributed by atoms with E-state index in [-0.39, 0.29) is 5.91 Å². The first-order valence-corrected chi connectivity index (χ1v) is 9.45. The summed E-state index contributed by atoms with van der Waals surface area (Å²) in [7, 11) is 1.86. The number of hydrogen-bond donors (Lipinski definition) is 2. The highest BCUT2D eigenvalue weighted by Gasteiger charge is 2.24. The molecule has 146 valence electrons. The second-order valence-electron chi connectivity index (χ2n) is 7.30. The fourth-order valence-corrected chi connectivity index (χ4v) is 3.23. The fourth-order valence-electron chi connectivity index (χ4n) is 3.23. The van der Waals surface area contributed by atoms with Gasteiger partial charge in [0, 0.05) is 36.1 Å². The Morgan fingerprint density at radius 3 is 2.79 bits per heavy atom.